The number of carbonyl (C=O) groups excluding carboxylic acids is 2. The van der Waals surface area contributed by atoms with Crippen molar-refractivity contribution in [3.8, 4) is 0 Å². The first kappa shape index (κ1) is 15.7. The quantitative estimate of drug-likeness (QED) is 0.619. The highest BCUT2D eigenvalue weighted by Gasteiger charge is 2.52. The van der Waals surface area contributed by atoms with Crippen molar-refractivity contribution in [2.75, 3.05) is 12.3 Å². The number of rotatable bonds is 4. The maximum atomic E-state index is 12.7. The van der Waals surface area contributed by atoms with E-state index in [4.69, 9.17) is 0 Å². The number of urea groups is 1. The van der Waals surface area contributed by atoms with Crippen molar-refractivity contribution < 1.29 is 9.59 Å². The van der Waals surface area contributed by atoms with Gasteiger partial charge in [-0.2, -0.15) is 12.6 Å². The van der Waals surface area contributed by atoms with Crippen LogP contribution in [0.3, 0.4) is 0 Å². The fourth-order valence-electron chi connectivity index (χ4n) is 3.15. The minimum atomic E-state index is -0.609. The van der Waals surface area contributed by atoms with E-state index in [9.17, 15) is 9.59 Å². The number of nitrogens with zero attached hydrogens (tertiary/aromatic N) is 1. The summed E-state index contributed by atoms with van der Waals surface area (Å²) in [4.78, 5) is 26.3. The summed E-state index contributed by atoms with van der Waals surface area (Å²) in [6, 6.07) is -0.211. The van der Waals surface area contributed by atoms with Gasteiger partial charge in [-0.1, -0.05) is 20.8 Å². The SMILES string of the molecule is CC1CCC2(CC1)NC(=O)N(CC(CS)C(C)C)C2=O. The summed E-state index contributed by atoms with van der Waals surface area (Å²) in [5.74, 6) is 2.00. The van der Waals surface area contributed by atoms with Crippen LogP contribution in [0.2, 0.25) is 0 Å². The Bertz CT molecular complexity index is 389. The third-order valence-corrected chi connectivity index (χ3v) is 5.44. The second kappa shape index (κ2) is 5.96. The highest BCUT2D eigenvalue weighted by atomic mass is 32.1. The van der Waals surface area contributed by atoms with Gasteiger partial charge in [0.25, 0.3) is 5.91 Å². The zero-order valence-corrected chi connectivity index (χ0v) is 13.6. The Hall–Kier alpha value is -0.710. The molecule has 20 heavy (non-hydrogen) atoms. The average Bonchev–Trinajstić information content (AvgIpc) is 2.63. The van der Waals surface area contributed by atoms with Crippen LogP contribution in [0.15, 0.2) is 0 Å². The summed E-state index contributed by atoms with van der Waals surface area (Å²) in [5.41, 5.74) is -0.609. The van der Waals surface area contributed by atoms with Gasteiger partial charge in [0.05, 0.1) is 0 Å². The number of amides is 3. The lowest BCUT2D eigenvalue weighted by Gasteiger charge is -2.34. The van der Waals surface area contributed by atoms with Gasteiger partial charge in [-0.25, -0.2) is 4.79 Å². The van der Waals surface area contributed by atoms with Crippen molar-refractivity contribution in [2.45, 2.75) is 52.0 Å². The molecule has 1 spiro atoms. The van der Waals surface area contributed by atoms with Crippen LogP contribution < -0.4 is 5.32 Å². The highest BCUT2D eigenvalue weighted by molar-refractivity contribution is 7.80. The number of carbonyl (C=O) groups is 2. The van der Waals surface area contributed by atoms with Gasteiger partial charge >= 0.3 is 6.03 Å². The molecule has 2 rings (SSSR count). The Balaban J connectivity index is 2.09. The predicted molar refractivity (Wildman–Crippen MR) is 82.8 cm³/mol. The maximum Gasteiger partial charge on any atom is 0.325 e. The van der Waals surface area contributed by atoms with Gasteiger partial charge in [0.2, 0.25) is 0 Å². The van der Waals surface area contributed by atoms with Gasteiger partial charge in [0.15, 0.2) is 0 Å². The topological polar surface area (TPSA) is 49.4 Å². The zero-order valence-electron chi connectivity index (χ0n) is 12.7. The summed E-state index contributed by atoms with van der Waals surface area (Å²) >= 11 is 4.35. The van der Waals surface area contributed by atoms with E-state index in [0.29, 0.717) is 24.1 Å². The second-order valence-corrected chi connectivity index (χ2v) is 7.16. The number of thiol groups is 1. The van der Waals surface area contributed by atoms with E-state index in [1.807, 2.05) is 0 Å². The summed E-state index contributed by atoms with van der Waals surface area (Å²) in [5, 5.41) is 2.97. The summed E-state index contributed by atoms with van der Waals surface area (Å²) in [6.45, 7) is 6.92. The largest absolute Gasteiger partial charge is 0.325 e. The molecule has 2 aliphatic rings. The molecule has 0 aromatic carbocycles. The molecule has 0 aromatic rings. The van der Waals surface area contributed by atoms with Gasteiger partial charge in [-0.05, 0) is 49.2 Å². The minimum absolute atomic E-state index is 0.0122. The molecule has 1 saturated carbocycles. The first-order valence-corrected chi connectivity index (χ1v) is 8.28. The molecule has 1 aliphatic carbocycles. The molecule has 1 aliphatic heterocycles. The average molecular weight is 298 g/mol. The third kappa shape index (κ3) is 2.83. The van der Waals surface area contributed by atoms with Crippen molar-refractivity contribution >= 4 is 24.6 Å². The van der Waals surface area contributed by atoms with E-state index in [1.54, 1.807) is 0 Å². The molecule has 0 aromatic heterocycles. The van der Waals surface area contributed by atoms with Crippen LogP contribution >= 0.6 is 12.6 Å². The molecule has 1 heterocycles. The smallest absolute Gasteiger partial charge is 0.323 e. The van der Waals surface area contributed by atoms with Gasteiger partial charge in [0, 0.05) is 6.54 Å². The van der Waals surface area contributed by atoms with Crippen LogP contribution in [-0.4, -0.2) is 34.7 Å². The molecule has 1 saturated heterocycles. The summed E-state index contributed by atoms with van der Waals surface area (Å²) in [7, 11) is 0. The van der Waals surface area contributed by atoms with E-state index in [1.165, 1.54) is 4.90 Å². The van der Waals surface area contributed by atoms with Crippen molar-refractivity contribution in [3.05, 3.63) is 0 Å². The monoisotopic (exact) mass is 298 g/mol. The molecule has 0 bridgehead atoms. The summed E-state index contributed by atoms with van der Waals surface area (Å²) < 4.78 is 0. The third-order valence-electron chi connectivity index (χ3n) is 4.97. The molecule has 1 atom stereocenters. The van der Waals surface area contributed by atoms with Crippen LogP contribution in [-0.2, 0) is 4.79 Å². The molecule has 4 nitrogen and oxygen atoms in total. The van der Waals surface area contributed by atoms with E-state index in [-0.39, 0.29) is 17.9 Å². The Morgan fingerprint density at radius 2 is 1.95 bits per heavy atom. The molecule has 3 amide bonds. The fraction of sp³-hybridized carbons (Fsp3) is 0.867. The first-order valence-electron chi connectivity index (χ1n) is 7.64. The standard InChI is InChI=1S/C15H26N2O2S/c1-10(2)12(9-20)8-17-13(18)15(16-14(17)19)6-4-11(3)5-7-15/h10-12,20H,4-9H2,1-3H3,(H,16,19). The van der Waals surface area contributed by atoms with E-state index in [2.05, 4.69) is 38.7 Å². The van der Waals surface area contributed by atoms with Crippen molar-refractivity contribution in [1.29, 1.82) is 0 Å². The van der Waals surface area contributed by atoms with Crippen molar-refractivity contribution in [1.82, 2.24) is 10.2 Å². The summed E-state index contributed by atoms with van der Waals surface area (Å²) in [6.07, 6.45) is 3.59. The second-order valence-electron chi connectivity index (χ2n) is 6.80. The Morgan fingerprint density at radius 3 is 2.45 bits per heavy atom. The zero-order chi connectivity index (χ0) is 14.9. The van der Waals surface area contributed by atoms with Gasteiger partial charge in [-0.15, -0.1) is 0 Å². The fourth-order valence-corrected chi connectivity index (χ4v) is 3.69. The Morgan fingerprint density at radius 1 is 1.35 bits per heavy atom. The first-order chi connectivity index (χ1) is 9.39. The minimum Gasteiger partial charge on any atom is -0.323 e. The normalized spacial score (nSPS) is 32.0. The molecule has 1 unspecified atom stereocenters. The molecule has 1 N–H and O–H groups in total. The van der Waals surface area contributed by atoms with Crippen LogP contribution in [0.1, 0.15) is 46.5 Å². The number of hydrogen-bond donors (Lipinski definition) is 2. The Kier molecular flexibility index (Phi) is 4.67. The van der Waals surface area contributed by atoms with Gasteiger partial charge in [0.1, 0.15) is 5.54 Å². The molecule has 114 valence electrons. The highest BCUT2D eigenvalue weighted by Crippen LogP contribution is 2.36. The lowest BCUT2D eigenvalue weighted by Crippen LogP contribution is -2.49. The van der Waals surface area contributed by atoms with E-state index in [0.717, 1.165) is 25.7 Å². The van der Waals surface area contributed by atoms with Crippen LogP contribution in [0.5, 0.6) is 0 Å². The maximum absolute atomic E-state index is 12.7. The molecular weight excluding hydrogens is 272 g/mol. The van der Waals surface area contributed by atoms with Crippen LogP contribution in [0, 0.1) is 17.8 Å². The number of nitrogens with one attached hydrogen (secondary N) is 1. The van der Waals surface area contributed by atoms with Crippen LogP contribution in [0.4, 0.5) is 4.79 Å². The van der Waals surface area contributed by atoms with Gasteiger partial charge < -0.3 is 5.32 Å². The molecular formula is C15H26N2O2S. The van der Waals surface area contributed by atoms with Gasteiger partial charge in [-0.3, -0.25) is 9.69 Å². The lowest BCUT2D eigenvalue weighted by molar-refractivity contribution is -0.133. The van der Waals surface area contributed by atoms with E-state index >= 15 is 0 Å². The van der Waals surface area contributed by atoms with Crippen molar-refractivity contribution in [3.63, 3.8) is 0 Å². The molecule has 0 radical (unpaired) electrons. The lowest BCUT2D eigenvalue weighted by atomic mass is 9.77. The predicted octanol–water partition coefficient (Wildman–Crippen LogP) is 2.69. The van der Waals surface area contributed by atoms with Crippen LogP contribution in [0.25, 0.3) is 0 Å². The van der Waals surface area contributed by atoms with Crippen molar-refractivity contribution in [2.24, 2.45) is 17.8 Å². The number of imide groups is 1. The molecule has 5 heteroatoms. The molecule has 2 fully saturated rings. The Labute approximate surface area is 127 Å². The number of hydrogen-bond acceptors (Lipinski definition) is 3. The van der Waals surface area contributed by atoms with E-state index < -0.39 is 5.54 Å².